The summed E-state index contributed by atoms with van der Waals surface area (Å²) in [6.45, 7) is 6.13. The molecule has 3 saturated carbocycles. The molecule has 216 valence electrons. The summed E-state index contributed by atoms with van der Waals surface area (Å²) in [7, 11) is 0. The van der Waals surface area contributed by atoms with Crippen molar-refractivity contribution in [1.82, 2.24) is 5.32 Å². The number of carboxylic acids is 1. The van der Waals surface area contributed by atoms with Crippen LogP contribution in [0.2, 0.25) is 0 Å². The van der Waals surface area contributed by atoms with Crippen LogP contribution in [0.4, 0.5) is 0 Å². The molecule has 0 radical (unpaired) electrons. The van der Waals surface area contributed by atoms with Crippen LogP contribution in [0.15, 0.2) is 47.1 Å². The zero-order valence-corrected chi connectivity index (χ0v) is 23.8. The van der Waals surface area contributed by atoms with E-state index in [9.17, 15) is 24.6 Å². The zero-order chi connectivity index (χ0) is 28.7. The van der Waals surface area contributed by atoms with Crippen LogP contribution >= 0.6 is 0 Å². The van der Waals surface area contributed by atoms with Crippen LogP contribution < -0.4 is 5.32 Å². The number of carbonyl (C=O) groups excluding carboxylic acids is 2. The van der Waals surface area contributed by atoms with Crippen molar-refractivity contribution in [3.8, 4) is 0 Å². The van der Waals surface area contributed by atoms with Crippen LogP contribution in [0.3, 0.4) is 0 Å². The van der Waals surface area contributed by atoms with Gasteiger partial charge in [0.05, 0.1) is 5.71 Å². The third kappa shape index (κ3) is 5.11. The van der Waals surface area contributed by atoms with E-state index in [0.717, 1.165) is 50.7 Å². The number of aliphatic hydroxyl groups excluding tert-OH is 1. The molecule has 8 atom stereocenters. The molecule has 40 heavy (non-hydrogen) atoms. The molecule has 8 nitrogen and oxygen atoms in total. The molecule has 0 aliphatic heterocycles. The van der Waals surface area contributed by atoms with Gasteiger partial charge in [0.1, 0.15) is 11.9 Å². The highest BCUT2D eigenvalue weighted by Gasteiger charge is 2.59. The number of amides is 1. The van der Waals surface area contributed by atoms with Gasteiger partial charge in [-0.3, -0.25) is 9.59 Å². The second kappa shape index (κ2) is 11.1. The largest absolute Gasteiger partial charge is 0.480 e. The van der Waals surface area contributed by atoms with Gasteiger partial charge < -0.3 is 20.4 Å². The van der Waals surface area contributed by atoms with Crippen molar-refractivity contribution < 1.29 is 29.4 Å². The fourth-order valence-corrected chi connectivity index (χ4v) is 8.82. The van der Waals surface area contributed by atoms with E-state index in [1.54, 1.807) is 37.3 Å². The number of allylic oxidation sites excluding steroid dienone is 2. The number of rotatable bonds is 8. The standard InChI is InChI=1S/C32H42N2O6/c1-19(35)24-11-12-25-23-10-9-21-17-22(13-15-31(21,2)26(23)14-16-32(24,25)3)34-40-18-27(36)33-28(30(38)39)29(37)20-7-5-4-6-8-20/h4-8,17,23-26,28-29,37H,9-16,18H2,1-3H3,(H,33,36)(H,38,39)/t23-,24+,25-,26+,28+,29-,31+,32-/m1/s1. The molecular formula is C32H42N2O6. The van der Waals surface area contributed by atoms with Crippen LogP contribution in [0.5, 0.6) is 0 Å². The minimum atomic E-state index is -1.50. The van der Waals surface area contributed by atoms with E-state index in [0.29, 0.717) is 29.1 Å². The highest BCUT2D eigenvalue weighted by Crippen LogP contribution is 2.66. The van der Waals surface area contributed by atoms with E-state index in [1.807, 2.05) is 0 Å². The van der Waals surface area contributed by atoms with Gasteiger partial charge in [0.25, 0.3) is 5.91 Å². The molecule has 0 saturated heterocycles. The van der Waals surface area contributed by atoms with Gasteiger partial charge >= 0.3 is 5.97 Å². The smallest absolute Gasteiger partial charge is 0.329 e. The molecule has 1 amide bonds. The molecule has 4 aliphatic rings. The number of carbonyl (C=O) groups is 3. The lowest BCUT2D eigenvalue weighted by atomic mass is 9.46. The molecule has 3 N–H and O–H groups in total. The van der Waals surface area contributed by atoms with Gasteiger partial charge in [-0.25, -0.2) is 4.79 Å². The second-order valence-electron chi connectivity index (χ2n) is 12.9. The minimum absolute atomic E-state index is 0.122. The Labute approximate surface area is 236 Å². The van der Waals surface area contributed by atoms with Gasteiger partial charge in [0, 0.05) is 5.92 Å². The number of fused-ring (bicyclic) bond motifs is 5. The summed E-state index contributed by atoms with van der Waals surface area (Å²) in [6.07, 6.45) is 9.17. The molecule has 0 unspecified atom stereocenters. The molecule has 0 heterocycles. The molecule has 4 aliphatic carbocycles. The monoisotopic (exact) mass is 550 g/mol. The normalized spacial score (nSPS) is 35.4. The van der Waals surface area contributed by atoms with Crippen LogP contribution in [0.1, 0.15) is 83.8 Å². The van der Waals surface area contributed by atoms with Crippen LogP contribution in [0.25, 0.3) is 0 Å². The topological polar surface area (TPSA) is 125 Å². The van der Waals surface area contributed by atoms with Gasteiger partial charge in [-0.1, -0.05) is 54.9 Å². The van der Waals surface area contributed by atoms with Gasteiger partial charge in [-0.05, 0) is 98.5 Å². The molecular weight excluding hydrogens is 508 g/mol. The minimum Gasteiger partial charge on any atom is -0.480 e. The summed E-state index contributed by atoms with van der Waals surface area (Å²) in [4.78, 5) is 41.9. The Bertz CT molecular complexity index is 1210. The molecule has 5 rings (SSSR count). The fraction of sp³-hybridized carbons (Fsp3) is 0.625. The Morgan fingerprint density at radius 2 is 1.80 bits per heavy atom. The highest BCUT2D eigenvalue weighted by atomic mass is 16.6. The summed E-state index contributed by atoms with van der Waals surface area (Å²) >= 11 is 0. The third-order valence-electron chi connectivity index (χ3n) is 10.9. The van der Waals surface area contributed by atoms with Gasteiger partial charge in [0.15, 0.2) is 12.6 Å². The maximum absolute atomic E-state index is 12.4. The van der Waals surface area contributed by atoms with Crippen molar-refractivity contribution in [2.45, 2.75) is 84.3 Å². The number of Topliss-reactive ketones (excluding diaryl/α,β-unsaturated/α-hetero) is 1. The Balaban J connectivity index is 1.20. The average molecular weight is 551 g/mol. The summed E-state index contributed by atoms with van der Waals surface area (Å²) in [5, 5.41) is 26.6. The summed E-state index contributed by atoms with van der Waals surface area (Å²) in [6, 6.07) is 6.86. The van der Waals surface area contributed by atoms with Crippen molar-refractivity contribution in [1.29, 1.82) is 0 Å². The van der Waals surface area contributed by atoms with E-state index < -0.39 is 30.6 Å². The van der Waals surface area contributed by atoms with Gasteiger partial charge in [-0.15, -0.1) is 0 Å². The van der Waals surface area contributed by atoms with Crippen LogP contribution in [0, 0.1) is 34.5 Å². The first-order valence-corrected chi connectivity index (χ1v) is 14.7. The average Bonchev–Trinajstić information content (AvgIpc) is 3.29. The predicted molar refractivity (Wildman–Crippen MR) is 150 cm³/mol. The summed E-state index contributed by atoms with van der Waals surface area (Å²) in [5.41, 5.74) is 2.88. The number of hydrogen-bond donors (Lipinski definition) is 3. The van der Waals surface area contributed by atoms with E-state index in [-0.39, 0.29) is 16.7 Å². The molecule has 8 heteroatoms. The first-order valence-electron chi connectivity index (χ1n) is 14.7. The molecule has 3 fully saturated rings. The fourth-order valence-electron chi connectivity index (χ4n) is 8.82. The second-order valence-corrected chi connectivity index (χ2v) is 12.9. The maximum atomic E-state index is 12.4. The predicted octanol–water partition coefficient (Wildman–Crippen LogP) is 4.83. The quantitative estimate of drug-likeness (QED) is 0.398. The summed E-state index contributed by atoms with van der Waals surface area (Å²) < 4.78 is 0. The number of oxime groups is 1. The number of benzene rings is 1. The number of nitrogens with one attached hydrogen (secondary N) is 1. The van der Waals surface area contributed by atoms with Crippen molar-refractivity contribution in [2.75, 3.05) is 6.61 Å². The number of carboxylic acid groups (broad SMARTS) is 1. The van der Waals surface area contributed by atoms with Crippen LogP contribution in [-0.4, -0.2) is 46.2 Å². The third-order valence-corrected chi connectivity index (χ3v) is 10.9. The first-order chi connectivity index (χ1) is 19.0. The number of ketones is 1. The Morgan fingerprint density at radius 1 is 1.05 bits per heavy atom. The summed E-state index contributed by atoms with van der Waals surface area (Å²) in [5.74, 6) is 0.502. The van der Waals surface area contributed by atoms with E-state index in [1.165, 1.54) is 12.0 Å². The van der Waals surface area contributed by atoms with Gasteiger partial charge in [-0.2, -0.15) is 0 Å². The number of hydrogen-bond acceptors (Lipinski definition) is 6. The number of aliphatic hydroxyl groups is 1. The molecule has 1 aromatic carbocycles. The molecule has 0 spiro atoms. The van der Waals surface area contributed by atoms with E-state index >= 15 is 0 Å². The highest BCUT2D eigenvalue weighted by molar-refractivity contribution is 5.96. The lowest BCUT2D eigenvalue weighted by Crippen LogP contribution is -2.51. The molecule has 0 bridgehead atoms. The lowest BCUT2D eigenvalue weighted by molar-refractivity contribution is -0.146. The Hall–Kier alpha value is -3.00. The van der Waals surface area contributed by atoms with Crippen molar-refractivity contribution in [3.05, 3.63) is 47.5 Å². The Kier molecular flexibility index (Phi) is 7.92. The first kappa shape index (κ1) is 28.5. The molecule has 1 aromatic rings. The van der Waals surface area contributed by atoms with Crippen molar-refractivity contribution >= 4 is 23.4 Å². The van der Waals surface area contributed by atoms with Crippen LogP contribution in [-0.2, 0) is 19.2 Å². The van der Waals surface area contributed by atoms with Crippen molar-refractivity contribution in [2.24, 2.45) is 39.7 Å². The van der Waals surface area contributed by atoms with E-state index in [2.05, 4.69) is 30.4 Å². The zero-order valence-electron chi connectivity index (χ0n) is 23.8. The Morgan fingerprint density at radius 3 is 2.50 bits per heavy atom. The van der Waals surface area contributed by atoms with Crippen molar-refractivity contribution in [3.63, 3.8) is 0 Å². The maximum Gasteiger partial charge on any atom is 0.329 e. The number of aliphatic carboxylic acids is 1. The number of nitrogens with zero attached hydrogens (tertiary/aromatic N) is 1. The lowest BCUT2D eigenvalue weighted by Gasteiger charge is -2.58. The SMILES string of the molecule is CC(=O)[C@@H]1CC[C@@H]2[C@H]3CCC4=CC(=NOCC(=O)N[C@H](C(=O)O)[C@H](O)c5ccccc5)CC[C@]4(C)[C@H]3CC[C@@]21C. The van der Waals surface area contributed by atoms with Gasteiger partial charge in [0.2, 0.25) is 0 Å². The molecule has 0 aromatic heterocycles. The van der Waals surface area contributed by atoms with E-state index in [4.69, 9.17) is 4.84 Å².